The topological polar surface area (TPSA) is 128 Å². The number of aromatic nitrogens is 3. The molecule has 0 atom stereocenters. The van der Waals surface area contributed by atoms with Gasteiger partial charge in [0.15, 0.2) is 0 Å². The summed E-state index contributed by atoms with van der Waals surface area (Å²) in [4.78, 5) is 15.6. The zero-order valence-corrected chi connectivity index (χ0v) is 21.7. The van der Waals surface area contributed by atoms with E-state index in [-0.39, 0.29) is 21.9 Å². The zero-order valence-electron chi connectivity index (χ0n) is 18.5. The van der Waals surface area contributed by atoms with Gasteiger partial charge in [0.1, 0.15) is 16.0 Å². The number of hydrogen-bond acceptors (Lipinski definition) is 10. The molecule has 12 heteroatoms. The lowest BCUT2D eigenvalue weighted by Crippen LogP contribution is -2.37. The number of hydrazone groups is 1. The Bertz CT molecular complexity index is 1230. The number of benzene rings is 2. The molecule has 0 bridgehead atoms. The van der Waals surface area contributed by atoms with Gasteiger partial charge < -0.3 is 25.2 Å². The number of morpholine rings is 1. The Morgan fingerprint density at radius 1 is 1.03 bits per heavy atom. The van der Waals surface area contributed by atoms with Crippen LogP contribution in [0.2, 0.25) is 0 Å². The van der Waals surface area contributed by atoms with Crippen LogP contribution < -0.4 is 15.6 Å². The molecule has 4 rings (SSSR count). The van der Waals surface area contributed by atoms with Gasteiger partial charge in [0.25, 0.3) is 0 Å². The van der Waals surface area contributed by atoms with Crippen molar-refractivity contribution in [3.63, 3.8) is 0 Å². The van der Waals surface area contributed by atoms with Gasteiger partial charge in [0.2, 0.25) is 17.8 Å². The molecule has 1 aliphatic heterocycles. The number of aromatic hydroxyl groups is 2. The molecular weight excluding hydrogens is 570 g/mol. The number of ether oxygens (including phenoxy) is 1. The van der Waals surface area contributed by atoms with Gasteiger partial charge >= 0.3 is 0 Å². The third-order valence-corrected chi connectivity index (χ3v) is 6.48. The van der Waals surface area contributed by atoms with Crippen LogP contribution >= 0.6 is 31.9 Å². The molecule has 0 amide bonds. The van der Waals surface area contributed by atoms with E-state index in [1.807, 2.05) is 36.9 Å². The van der Waals surface area contributed by atoms with Crippen molar-refractivity contribution in [2.45, 2.75) is 13.8 Å². The molecule has 4 N–H and O–H groups in total. The summed E-state index contributed by atoms with van der Waals surface area (Å²) in [6.07, 6.45) is 1.40. The lowest BCUT2D eigenvalue weighted by Gasteiger charge is -2.27. The van der Waals surface area contributed by atoms with Crippen molar-refractivity contribution in [2.24, 2.45) is 5.10 Å². The third-order valence-electron chi connectivity index (χ3n) is 5.12. The van der Waals surface area contributed by atoms with E-state index in [9.17, 15) is 10.2 Å². The number of nitrogens with one attached hydrogen (secondary N) is 2. The quantitative estimate of drug-likeness (QED) is 0.242. The molecule has 2 aromatic carbocycles. The van der Waals surface area contributed by atoms with Crippen molar-refractivity contribution in [3.8, 4) is 11.5 Å². The number of nitrogens with zero attached hydrogens (tertiary/aromatic N) is 5. The fraction of sp³-hybridized carbons (Fsp3) is 0.273. The summed E-state index contributed by atoms with van der Waals surface area (Å²) in [6.45, 7) is 6.55. The van der Waals surface area contributed by atoms with Crippen LogP contribution in [0.3, 0.4) is 0 Å². The monoisotopic (exact) mass is 591 g/mol. The Hall–Kier alpha value is -2.96. The molecule has 1 aromatic heterocycles. The normalized spacial score (nSPS) is 13.9. The van der Waals surface area contributed by atoms with Crippen molar-refractivity contribution in [1.82, 2.24) is 15.0 Å². The Morgan fingerprint density at radius 2 is 1.76 bits per heavy atom. The van der Waals surface area contributed by atoms with E-state index < -0.39 is 0 Å². The van der Waals surface area contributed by atoms with E-state index in [0.29, 0.717) is 48.2 Å². The minimum absolute atomic E-state index is 0.0996. The smallest absolute Gasteiger partial charge is 0.250 e. The summed E-state index contributed by atoms with van der Waals surface area (Å²) in [5.74, 6) is 0.866. The molecule has 3 aromatic rings. The summed E-state index contributed by atoms with van der Waals surface area (Å²) in [5.41, 5.74) is 6.26. The van der Waals surface area contributed by atoms with E-state index in [0.717, 1.165) is 16.8 Å². The highest BCUT2D eigenvalue weighted by Gasteiger charge is 2.17. The minimum atomic E-state index is -0.145. The van der Waals surface area contributed by atoms with Crippen LogP contribution in [-0.4, -0.2) is 57.7 Å². The number of phenols is 2. The van der Waals surface area contributed by atoms with Crippen molar-refractivity contribution in [2.75, 3.05) is 41.9 Å². The average Bonchev–Trinajstić information content (AvgIpc) is 2.83. The highest BCUT2D eigenvalue weighted by molar-refractivity contribution is 9.11. The first-order valence-electron chi connectivity index (χ1n) is 10.4. The predicted octanol–water partition coefficient (Wildman–Crippen LogP) is 4.45. The van der Waals surface area contributed by atoms with Crippen LogP contribution in [0.25, 0.3) is 0 Å². The summed E-state index contributed by atoms with van der Waals surface area (Å²) in [7, 11) is 0. The average molecular weight is 593 g/mol. The van der Waals surface area contributed by atoms with Gasteiger partial charge in [-0.25, -0.2) is 5.43 Å². The number of halogens is 2. The van der Waals surface area contributed by atoms with Crippen LogP contribution in [0.1, 0.15) is 16.7 Å². The number of aryl methyl sites for hydroxylation is 2. The first-order chi connectivity index (χ1) is 16.3. The number of hydrogen-bond donors (Lipinski definition) is 4. The van der Waals surface area contributed by atoms with Gasteiger partial charge in [-0.15, -0.1) is 0 Å². The van der Waals surface area contributed by atoms with E-state index >= 15 is 0 Å². The third kappa shape index (κ3) is 5.57. The maximum atomic E-state index is 10.3. The number of anilines is 4. The predicted molar refractivity (Wildman–Crippen MR) is 138 cm³/mol. The van der Waals surface area contributed by atoms with Crippen LogP contribution in [0.15, 0.2) is 38.3 Å². The molecule has 0 radical (unpaired) electrons. The Morgan fingerprint density at radius 3 is 2.53 bits per heavy atom. The molecule has 0 saturated carbocycles. The van der Waals surface area contributed by atoms with Crippen LogP contribution in [-0.2, 0) is 4.74 Å². The van der Waals surface area contributed by atoms with Crippen LogP contribution in [0.4, 0.5) is 23.5 Å². The molecule has 0 spiro atoms. The van der Waals surface area contributed by atoms with E-state index in [2.05, 4.69) is 62.7 Å². The molecule has 1 aliphatic rings. The Labute approximate surface area is 213 Å². The van der Waals surface area contributed by atoms with Crippen molar-refractivity contribution in [3.05, 3.63) is 49.9 Å². The van der Waals surface area contributed by atoms with Crippen molar-refractivity contribution < 1.29 is 14.9 Å². The van der Waals surface area contributed by atoms with E-state index in [1.165, 1.54) is 6.21 Å². The van der Waals surface area contributed by atoms with Gasteiger partial charge in [-0.05, 0) is 69.0 Å². The van der Waals surface area contributed by atoms with Gasteiger partial charge in [0.05, 0.1) is 23.9 Å². The van der Waals surface area contributed by atoms with Gasteiger partial charge in [-0.3, -0.25) is 0 Å². The molecule has 2 heterocycles. The highest BCUT2D eigenvalue weighted by atomic mass is 79.9. The Balaban J connectivity index is 1.62. The molecule has 10 nitrogen and oxygen atoms in total. The summed E-state index contributed by atoms with van der Waals surface area (Å²) >= 11 is 6.40. The standard InChI is InChI=1S/C22H23Br2N7O3/c1-12-3-4-13(2)16(9-12)26-20-27-21(29-22(28-20)31-5-7-34-8-6-31)30-25-11-14-10-15(23)19(33)17(24)18(14)32/h3-4,9-11,32-33H,5-8H2,1-2H3,(H2,26,27,28,29,30). The largest absolute Gasteiger partial charge is 0.506 e. The first-order valence-corrected chi connectivity index (χ1v) is 12.0. The number of rotatable bonds is 6. The van der Waals surface area contributed by atoms with Gasteiger partial charge in [0, 0.05) is 24.3 Å². The fourth-order valence-electron chi connectivity index (χ4n) is 3.24. The lowest BCUT2D eigenvalue weighted by atomic mass is 10.1. The SMILES string of the molecule is Cc1ccc(C)c(Nc2nc(NN=Cc3cc(Br)c(O)c(Br)c3O)nc(N3CCOCC3)n2)c1. The molecular formula is C22H23Br2N7O3. The minimum Gasteiger partial charge on any atom is -0.506 e. The summed E-state index contributed by atoms with van der Waals surface area (Å²) in [6, 6.07) is 7.65. The zero-order chi connectivity index (χ0) is 24.2. The molecule has 34 heavy (non-hydrogen) atoms. The number of phenolic OH excluding ortho intramolecular Hbond substituents is 2. The van der Waals surface area contributed by atoms with Crippen molar-refractivity contribution in [1.29, 1.82) is 0 Å². The molecule has 1 fully saturated rings. The van der Waals surface area contributed by atoms with Crippen LogP contribution in [0.5, 0.6) is 11.5 Å². The lowest BCUT2D eigenvalue weighted by molar-refractivity contribution is 0.122. The molecule has 0 unspecified atom stereocenters. The van der Waals surface area contributed by atoms with Gasteiger partial charge in [-0.1, -0.05) is 12.1 Å². The molecule has 178 valence electrons. The maximum Gasteiger partial charge on any atom is 0.250 e. The first kappa shape index (κ1) is 24.2. The second-order valence-corrected chi connectivity index (χ2v) is 9.30. The summed E-state index contributed by atoms with van der Waals surface area (Å²) < 4.78 is 6.02. The molecule has 1 saturated heterocycles. The Kier molecular flexibility index (Phi) is 7.49. The van der Waals surface area contributed by atoms with Crippen molar-refractivity contribution >= 4 is 61.6 Å². The van der Waals surface area contributed by atoms with Gasteiger partial charge in [-0.2, -0.15) is 20.1 Å². The molecule has 0 aliphatic carbocycles. The second-order valence-electron chi connectivity index (χ2n) is 7.65. The fourth-order valence-corrected chi connectivity index (χ4v) is 4.39. The highest BCUT2D eigenvalue weighted by Crippen LogP contribution is 2.40. The summed E-state index contributed by atoms with van der Waals surface area (Å²) in [5, 5.41) is 27.6. The second kappa shape index (κ2) is 10.5. The maximum absolute atomic E-state index is 10.3. The van der Waals surface area contributed by atoms with E-state index in [1.54, 1.807) is 6.07 Å². The van der Waals surface area contributed by atoms with Crippen LogP contribution in [0, 0.1) is 13.8 Å². The van der Waals surface area contributed by atoms with E-state index in [4.69, 9.17) is 4.74 Å².